The average molecular weight is 449 g/mol. The third-order valence-electron chi connectivity index (χ3n) is 5.59. The van der Waals surface area contributed by atoms with Crippen LogP contribution in [0.5, 0.6) is 0 Å². The molecular weight excluding hydrogens is 420 g/mol. The van der Waals surface area contributed by atoms with Crippen molar-refractivity contribution in [2.45, 2.75) is 18.1 Å². The Morgan fingerprint density at radius 1 is 1.03 bits per heavy atom. The van der Waals surface area contributed by atoms with Gasteiger partial charge in [-0.3, -0.25) is 0 Å². The van der Waals surface area contributed by atoms with Crippen LogP contribution >= 0.6 is 11.8 Å². The Labute approximate surface area is 182 Å². The second-order valence-corrected chi connectivity index (χ2v) is 11.5. The van der Waals surface area contributed by atoms with Gasteiger partial charge in [0.1, 0.15) is 9.84 Å². The van der Waals surface area contributed by atoms with Crippen molar-refractivity contribution in [3.05, 3.63) is 35.9 Å². The smallest absolute Gasteiger partial charge is 0.232 e. The first-order chi connectivity index (χ1) is 14.4. The number of hydrogen-bond acceptors (Lipinski definition) is 9. The van der Waals surface area contributed by atoms with Crippen LogP contribution in [-0.4, -0.2) is 67.3 Å². The number of nitrogens with zero attached hydrogens (tertiary/aromatic N) is 5. The summed E-state index contributed by atoms with van der Waals surface area (Å²) in [5.74, 6) is 2.87. The van der Waals surface area contributed by atoms with E-state index in [0.717, 1.165) is 44.8 Å². The van der Waals surface area contributed by atoms with Crippen molar-refractivity contribution in [1.82, 2.24) is 15.0 Å². The van der Waals surface area contributed by atoms with Crippen molar-refractivity contribution in [2.24, 2.45) is 5.92 Å². The van der Waals surface area contributed by atoms with Gasteiger partial charge in [0.05, 0.1) is 5.75 Å². The lowest BCUT2D eigenvalue weighted by atomic mass is 9.99. The van der Waals surface area contributed by atoms with Crippen LogP contribution in [0.25, 0.3) is 0 Å². The fourth-order valence-corrected chi connectivity index (χ4v) is 6.52. The molecule has 0 aliphatic carbocycles. The summed E-state index contributed by atoms with van der Waals surface area (Å²) in [4.78, 5) is 17.8. The summed E-state index contributed by atoms with van der Waals surface area (Å²) in [7, 11) is -2.95. The minimum atomic E-state index is -2.95. The lowest BCUT2D eigenvalue weighted by Gasteiger charge is -2.34. The highest BCUT2D eigenvalue weighted by atomic mass is 32.2. The Kier molecular flexibility index (Phi) is 6.33. The van der Waals surface area contributed by atoms with E-state index in [-0.39, 0.29) is 17.6 Å². The predicted octanol–water partition coefficient (Wildman–Crippen LogP) is 2.01. The van der Waals surface area contributed by atoms with Gasteiger partial charge in [0.25, 0.3) is 0 Å². The highest BCUT2D eigenvalue weighted by Gasteiger charge is 2.27. The van der Waals surface area contributed by atoms with Crippen molar-refractivity contribution < 1.29 is 8.42 Å². The summed E-state index contributed by atoms with van der Waals surface area (Å²) in [6, 6.07) is 10.5. The molecule has 2 aromatic rings. The maximum absolute atomic E-state index is 11.6. The topological polar surface area (TPSA) is 105 Å². The molecule has 0 saturated carbocycles. The second kappa shape index (κ2) is 8.97. The molecule has 0 amide bonds. The van der Waals surface area contributed by atoms with E-state index >= 15 is 0 Å². The van der Waals surface area contributed by atoms with Crippen molar-refractivity contribution in [2.75, 3.05) is 59.5 Å². The number of sulfone groups is 1. The first-order valence-electron chi connectivity index (χ1n) is 10.2. The highest BCUT2D eigenvalue weighted by Crippen LogP contribution is 2.34. The van der Waals surface area contributed by atoms with Gasteiger partial charge in [0.2, 0.25) is 17.8 Å². The fraction of sp³-hybridized carbons (Fsp3) is 0.550. The van der Waals surface area contributed by atoms with Gasteiger partial charge >= 0.3 is 0 Å². The zero-order valence-corrected chi connectivity index (χ0v) is 18.8. The summed E-state index contributed by atoms with van der Waals surface area (Å²) in [6.45, 7) is 3.15. The van der Waals surface area contributed by atoms with Gasteiger partial charge in [-0.05, 0) is 24.3 Å². The number of nitrogen functional groups attached to an aromatic ring is 1. The molecule has 10 heteroatoms. The zero-order valence-electron chi connectivity index (χ0n) is 17.1. The summed E-state index contributed by atoms with van der Waals surface area (Å²) >= 11 is 1.95. The molecule has 0 radical (unpaired) electrons. The Bertz CT molecular complexity index is 965. The molecule has 1 atom stereocenters. The quantitative estimate of drug-likeness (QED) is 0.735. The molecule has 1 unspecified atom stereocenters. The van der Waals surface area contributed by atoms with E-state index in [0.29, 0.717) is 17.1 Å². The molecule has 0 bridgehead atoms. The van der Waals surface area contributed by atoms with Crippen LogP contribution < -0.4 is 15.5 Å². The summed E-state index contributed by atoms with van der Waals surface area (Å²) < 4.78 is 23.1. The number of rotatable bonds is 5. The molecule has 2 aliphatic heterocycles. The number of nitrogens with two attached hydrogens (primary N) is 1. The number of hydrogen-bond donors (Lipinski definition) is 1. The molecule has 8 nitrogen and oxygen atoms in total. The third kappa shape index (κ3) is 5.34. The Balaban J connectivity index is 1.46. The normalized spacial score (nSPS) is 21.0. The molecular formula is C20H28N6O2S2. The first kappa shape index (κ1) is 21.2. The third-order valence-corrected chi connectivity index (χ3v) is 7.90. The Morgan fingerprint density at radius 2 is 1.70 bits per heavy atom. The molecule has 30 heavy (non-hydrogen) atoms. The van der Waals surface area contributed by atoms with Gasteiger partial charge < -0.3 is 15.5 Å². The molecule has 4 rings (SSSR count). The van der Waals surface area contributed by atoms with Crippen molar-refractivity contribution in [3.63, 3.8) is 0 Å². The molecule has 2 saturated heterocycles. The molecule has 1 aromatic heterocycles. The van der Waals surface area contributed by atoms with Crippen LogP contribution in [0.2, 0.25) is 0 Å². The monoisotopic (exact) mass is 448 g/mol. The van der Waals surface area contributed by atoms with Crippen molar-refractivity contribution >= 4 is 39.4 Å². The van der Waals surface area contributed by atoms with Gasteiger partial charge in [0, 0.05) is 43.4 Å². The van der Waals surface area contributed by atoms with E-state index in [1.165, 1.54) is 11.8 Å². The minimum Gasteiger partial charge on any atom is -0.368 e. The van der Waals surface area contributed by atoms with Gasteiger partial charge in [0.15, 0.2) is 0 Å². The highest BCUT2D eigenvalue weighted by molar-refractivity contribution is 7.99. The van der Waals surface area contributed by atoms with E-state index in [2.05, 4.69) is 44.0 Å². The van der Waals surface area contributed by atoms with Crippen LogP contribution in [0.15, 0.2) is 30.3 Å². The van der Waals surface area contributed by atoms with E-state index < -0.39 is 9.84 Å². The minimum absolute atomic E-state index is 0.195. The van der Waals surface area contributed by atoms with Crippen molar-refractivity contribution in [1.29, 1.82) is 0 Å². The summed E-state index contributed by atoms with van der Waals surface area (Å²) in [6.07, 6.45) is 2.92. The van der Waals surface area contributed by atoms with Gasteiger partial charge in [-0.2, -0.15) is 26.7 Å². The number of benzene rings is 1. The van der Waals surface area contributed by atoms with Gasteiger partial charge in [-0.25, -0.2) is 8.42 Å². The summed E-state index contributed by atoms with van der Waals surface area (Å²) in [5, 5.41) is 0.369. The van der Waals surface area contributed by atoms with Crippen LogP contribution in [0.3, 0.4) is 0 Å². The van der Waals surface area contributed by atoms with Crippen LogP contribution in [0.4, 0.5) is 17.8 Å². The molecule has 1 aromatic carbocycles. The van der Waals surface area contributed by atoms with E-state index in [1.54, 1.807) is 0 Å². The molecule has 0 spiro atoms. The largest absolute Gasteiger partial charge is 0.368 e. The maximum atomic E-state index is 11.6. The van der Waals surface area contributed by atoms with Crippen LogP contribution in [0, 0.1) is 5.92 Å². The number of aromatic nitrogens is 3. The number of piperidine rings is 1. The van der Waals surface area contributed by atoms with E-state index in [4.69, 9.17) is 10.7 Å². The number of thioether (sulfide) groups is 1. The summed E-state index contributed by atoms with van der Waals surface area (Å²) in [5.41, 5.74) is 7.34. The number of anilines is 3. The Hall–Kier alpha value is -2.07. The molecule has 2 N–H and O–H groups in total. The molecule has 2 fully saturated rings. The average Bonchev–Trinajstić information content (AvgIpc) is 2.73. The first-order valence-corrected chi connectivity index (χ1v) is 13.3. The van der Waals surface area contributed by atoms with Crippen LogP contribution in [0.1, 0.15) is 23.7 Å². The Morgan fingerprint density at radius 3 is 2.37 bits per heavy atom. The van der Waals surface area contributed by atoms with Crippen LogP contribution in [-0.2, 0) is 9.84 Å². The van der Waals surface area contributed by atoms with Gasteiger partial charge in [-0.15, -0.1) is 0 Å². The standard InChI is InChI=1S/C20H28N6O2S2/c1-30(27,28)14-15-7-9-25(10-8-15)19-22-18(21)23-20(24-19)26-11-12-29-17(13-26)16-5-3-2-4-6-16/h2-6,15,17H,7-14H2,1H3,(H2,21,22,23,24). The predicted molar refractivity (Wildman–Crippen MR) is 123 cm³/mol. The van der Waals surface area contributed by atoms with Gasteiger partial charge in [-0.1, -0.05) is 30.3 Å². The van der Waals surface area contributed by atoms with E-state index in [9.17, 15) is 8.42 Å². The molecule has 3 heterocycles. The lowest BCUT2D eigenvalue weighted by Crippen LogP contribution is -2.39. The van der Waals surface area contributed by atoms with Crippen molar-refractivity contribution in [3.8, 4) is 0 Å². The molecule has 2 aliphatic rings. The van der Waals surface area contributed by atoms with E-state index in [1.807, 2.05) is 17.8 Å². The second-order valence-electron chi connectivity index (χ2n) is 8.03. The molecule has 162 valence electrons. The SMILES string of the molecule is CS(=O)(=O)CC1CCN(c2nc(N)nc(N3CCSC(c4ccccc4)C3)n2)CC1. The fourth-order valence-electron chi connectivity index (χ4n) is 4.08. The lowest BCUT2D eigenvalue weighted by molar-refractivity contribution is 0.432. The zero-order chi connectivity index (χ0) is 21.1. The maximum Gasteiger partial charge on any atom is 0.232 e.